The SMILES string of the molecule is CCCc1nc(-c2ccc(N(C)C)cc2)sc1CN. The van der Waals surface area contributed by atoms with Gasteiger partial charge in [0.1, 0.15) is 5.01 Å². The second-order valence-electron chi connectivity index (χ2n) is 4.78. The van der Waals surface area contributed by atoms with E-state index in [1.165, 1.54) is 21.8 Å². The molecule has 0 aliphatic carbocycles. The maximum absolute atomic E-state index is 5.80. The summed E-state index contributed by atoms with van der Waals surface area (Å²) in [7, 11) is 4.09. The van der Waals surface area contributed by atoms with Crippen LogP contribution in [0.2, 0.25) is 0 Å². The molecule has 0 fully saturated rings. The summed E-state index contributed by atoms with van der Waals surface area (Å²) in [6, 6.07) is 8.51. The molecule has 0 atom stereocenters. The van der Waals surface area contributed by atoms with Crippen molar-refractivity contribution in [2.24, 2.45) is 5.73 Å². The first kappa shape index (κ1) is 14.0. The quantitative estimate of drug-likeness (QED) is 0.910. The second-order valence-corrected chi connectivity index (χ2v) is 5.87. The van der Waals surface area contributed by atoms with Gasteiger partial charge in [0, 0.05) is 36.8 Å². The van der Waals surface area contributed by atoms with Crippen molar-refractivity contribution < 1.29 is 0 Å². The van der Waals surface area contributed by atoms with Crippen LogP contribution in [0.15, 0.2) is 24.3 Å². The van der Waals surface area contributed by atoms with Crippen molar-refractivity contribution in [3.63, 3.8) is 0 Å². The lowest BCUT2D eigenvalue weighted by Gasteiger charge is -2.11. The van der Waals surface area contributed by atoms with Crippen molar-refractivity contribution in [2.45, 2.75) is 26.3 Å². The number of nitrogens with two attached hydrogens (primary N) is 1. The summed E-state index contributed by atoms with van der Waals surface area (Å²) in [5.74, 6) is 0. The van der Waals surface area contributed by atoms with Gasteiger partial charge in [-0.25, -0.2) is 4.98 Å². The minimum atomic E-state index is 0.586. The summed E-state index contributed by atoms with van der Waals surface area (Å²) in [6.07, 6.45) is 2.12. The zero-order valence-corrected chi connectivity index (χ0v) is 12.6. The zero-order valence-electron chi connectivity index (χ0n) is 11.8. The molecule has 1 aromatic heterocycles. The molecule has 3 nitrogen and oxygen atoms in total. The third-order valence-electron chi connectivity index (χ3n) is 3.08. The summed E-state index contributed by atoms with van der Waals surface area (Å²) in [4.78, 5) is 8.05. The van der Waals surface area contributed by atoms with Crippen LogP contribution in [0.3, 0.4) is 0 Å². The maximum atomic E-state index is 5.80. The molecule has 102 valence electrons. The number of hydrogen-bond acceptors (Lipinski definition) is 4. The Hall–Kier alpha value is -1.39. The first-order valence-corrected chi connectivity index (χ1v) is 7.43. The number of aryl methyl sites for hydroxylation is 1. The first-order valence-electron chi connectivity index (χ1n) is 6.62. The van der Waals surface area contributed by atoms with Gasteiger partial charge in [0.2, 0.25) is 0 Å². The third-order valence-corrected chi connectivity index (χ3v) is 4.25. The van der Waals surface area contributed by atoms with E-state index in [2.05, 4.69) is 36.1 Å². The van der Waals surface area contributed by atoms with E-state index < -0.39 is 0 Å². The van der Waals surface area contributed by atoms with Crippen LogP contribution < -0.4 is 10.6 Å². The van der Waals surface area contributed by atoms with Crippen LogP contribution in [-0.2, 0) is 13.0 Å². The lowest BCUT2D eigenvalue weighted by Crippen LogP contribution is -2.07. The van der Waals surface area contributed by atoms with E-state index in [-0.39, 0.29) is 0 Å². The molecule has 1 aromatic carbocycles. The molecule has 0 bridgehead atoms. The fourth-order valence-electron chi connectivity index (χ4n) is 2.00. The van der Waals surface area contributed by atoms with E-state index >= 15 is 0 Å². The van der Waals surface area contributed by atoms with Crippen LogP contribution in [0, 0.1) is 0 Å². The molecule has 0 saturated carbocycles. The van der Waals surface area contributed by atoms with E-state index in [0.29, 0.717) is 6.54 Å². The Bertz CT molecular complexity index is 529. The molecule has 0 aliphatic heterocycles. The van der Waals surface area contributed by atoms with Gasteiger partial charge in [-0.05, 0) is 30.7 Å². The Morgan fingerprint density at radius 3 is 2.42 bits per heavy atom. The highest BCUT2D eigenvalue weighted by Gasteiger charge is 2.10. The topological polar surface area (TPSA) is 42.2 Å². The summed E-state index contributed by atoms with van der Waals surface area (Å²) >= 11 is 1.72. The fourth-order valence-corrected chi connectivity index (χ4v) is 2.99. The van der Waals surface area contributed by atoms with Crippen molar-refractivity contribution in [3.8, 4) is 10.6 Å². The molecular weight excluding hydrogens is 254 g/mol. The largest absolute Gasteiger partial charge is 0.378 e. The Balaban J connectivity index is 2.30. The lowest BCUT2D eigenvalue weighted by atomic mass is 10.2. The Morgan fingerprint density at radius 1 is 1.21 bits per heavy atom. The molecule has 0 saturated heterocycles. The summed E-state index contributed by atoms with van der Waals surface area (Å²) in [5.41, 5.74) is 9.34. The molecule has 0 spiro atoms. The second kappa shape index (κ2) is 6.17. The van der Waals surface area contributed by atoms with E-state index in [1.54, 1.807) is 11.3 Å². The highest BCUT2D eigenvalue weighted by Crippen LogP contribution is 2.29. The molecule has 2 rings (SSSR count). The van der Waals surface area contributed by atoms with Crippen LogP contribution in [0.4, 0.5) is 5.69 Å². The molecule has 0 amide bonds. The fraction of sp³-hybridized carbons (Fsp3) is 0.400. The Labute approximate surface area is 119 Å². The number of anilines is 1. The average Bonchev–Trinajstić information content (AvgIpc) is 2.82. The van der Waals surface area contributed by atoms with Crippen LogP contribution >= 0.6 is 11.3 Å². The summed E-state index contributed by atoms with van der Waals surface area (Å²) in [5, 5.41) is 1.08. The first-order chi connectivity index (χ1) is 9.15. The highest BCUT2D eigenvalue weighted by molar-refractivity contribution is 7.15. The Kier molecular flexibility index (Phi) is 4.56. The Morgan fingerprint density at radius 2 is 1.89 bits per heavy atom. The minimum Gasteiger partial charge on any atom is -0.378 e. The minimum absolute atomic E-state index is 0.586. The van der Waals surface area contributed by atoms with Crippen LogP contribution in [0.5, 0.6) is 0 Å². The smallest absolute Gasteiger partial charge is 0.123 e. The molecule has 19 heavy (non-hydrogen) atoms. The average molecular weight is 275 g/mol. The van der Waals surface area contributed by atoms with Gasteiger partial charge in [-0.3, -0.25) is 0 Å². The molecule has 2 aromatic rings. The number of nitrogens with zero attached hydrogens (tertiary/aromatic N) is 2. The van der Waals surface area contributed by atoms with Gasteiger partial charge in [-0.15, -0.1) is 11.3 Å². The third kappa shape index (κ3) is 3.14. The van der Waals surface area contributed by atoms with Gasteiger partial charge < -0.3 is 10.6 Å². The summed E-state index contributed by atoms with van der Waals surface area (Å²) < 4.78 is 0. The van der Waals surface area contributed by atoms with Crippen LogP contribution in [-0.4, -0.2) is 19.1 Å². The predicted molar refractivity (Wildman–Crippen MR) is 83.8 cm³/mol. The molecular formula is C15H21N3S. The molecule has 0 unspecified atom stereocenters. The molecule has 1 heterocycles. The van der Waals surface area contributed by atoms with Crippen molar-refractivity contribution in [1.82, 2.24) is 4.98 Å². The van der Waals surface area contributed by atoms with Crippen LogP contribution in [0.25, 0.3) is 10.6 Å². The number of thiazole rings is 1. The molecule has 0 radical (unpaired) electrons. The molecule has 2 N–H and O–H groups in total. The van der Waals surface area contributed by atoms with Crippen LogP contribution in [0.1, 0.15) is 23.9 Å². The monoisotopic (exact) mass is 275 g/mol. The normalized spacial score (nSPS) is 10.7. The predicted octanol–water partition coefficient (Wildman–Crippen LogP) is 3.29. The van der Waals surface area contributed by atoms with Crippen molar-refractivity contribution >= 4 is 17.0 Å². The van der Waals surface area contributed by atoms with Gasteiger partial charge in [-0.1, -0.05) is 13.3 Å². The zero-order chi connectivity index (χ0) is 13.8. The number of benzene rings is 1. The van der Waals surface area contributed by atoms with E-state index in [0.717, 1.165) is 17.8 Å². The number of rotatable bonds is 5. The van der Waals surface area contributed by atoms with Crippen molar-refractivity contribution in [2.75, 3.05) is 19.0 Å². The van der Waals surface area contributed by atoms with Gasteiger partial charge in [0.25, 0.3) is 0 Å². The molecule has 0 aliphatic rings. The van der Waals surface area contributed by atoms with Gasteiger partial charge in [0.05, 0.1) is 5.69 Å². The van der Waals surface area contributed by atoms with E-state index in [9.17, 15) is 0 Å². The van der Waals surface area contributed by atoms with E-state index in [1.807, 2.05) is 14.1 Å². The van der Waals surface area contributed by atoms with Crippen molar-refractivity contribution in [1.29, 1.82) is 0 Å². The van der Waals surface area contributed by atoms with Gasteiger partial charge >= 0.3 is 0 Å². The maximum Gasteiger partial charge on any atom is 0.123 e. The van der Waals surface area contributed by atoms with Crippen molar-refractivity contribution in [3.05, 3.63) is 34.8 Å². The van der Waals surface area contributed by atoms with Gasteiger partial charge in [0.15, 0.2) is 0 Å². The van der Waals surface area contributed by atoms with E-state index in [4.69, 9.17) is 10.7 Å². The number of hydrogen-bond donors (Lipinski definition) is 1. The van der Waals surface area contributed by atoms with Gasteiger partial charge in [-0.2, -0.15) is 0 Å². The lowest BCUT2D eigenvalue weighted by molar-refractivity contribution is 0.872. The standard InChI is InChI=1S/C15H21N3S/c1-4-5-13-14(10-16)19-15(17-13)11-6-8-12(9-7-11)18(2)3/h6-9H,4-5,10,16H2,1-3H3. The molecule has 4 heteroatoms. The highest BCUT2D eigenvalue weighted by atomic mass is 32.1. The summed E-state index contributed by atoms with van der Waals surface area (Å²) in [6.45, 7) is 2.76. The number of aromatic nitrogens is 1.